The van der Waals surface area contributed by atoms with E-state index >= 15 is 0 Å². The van der Waals surface area contributed by atoms with E-state index in [0.29, 0.717) is 11.7 Å². The lowest BCUT2D eigenvalue weighted by molar-refractivity contribution is -0.126. The Morgan fingerprint density at radius 2 is 2.00 bits per heavy atom. The number of hydrogen-bond donors (Lipinski definition) is 1. The van der Waals surface area contributed by atoms with Gasteiger partial charge in [0.15, 0.2) is 5.82 Å². The average Bonchev–Trinajstić information content (AvgIpc) is 2.77. The SMILES string of the molecule is Cc1nc(C2(NC(=O)C(C)C)CCCCC2)no1. The van der Waals surface area contributed by atoms with Crippen LogP contribution in [-0.2, 0) is 10.3 Å². The number of hydrogen-bond acceptors (Lipinski definition) is 4. The van der Waals surface area contributed by atoms with Gasteiger partial charge >= 0.3 is 0 Å². The van der Waals surface area contributed by atoms with Crippen LogP contribution in [0.5, 0.6) is 0 Å². The molecule has 5 nitrogen and oxygen atoms in total. The predicted octanol–water partition coefficient (Wildman–Crippen LogP) is 2.31. The molecule has 1 N–H and O–H groups in total. The molecular formula is C13H21N3O2. The highest BCUT2D eigenvalue weighted by molar-refractivity contribution is 5.78. The fraction of sp³-hybridized carbons (Fsp3) is 0.769. The second kappa shape index (κ2) is 5.08. The molecule has 1 fully saturated rings. The Bertz CT molecular complexity index is 420. The summed E-state index contributed by atoms with van der Waals surface area (Å²) >= 11 is 0. The predicted molar refractivity (Wildman–Crippen MR) is 66.8 cm³/mol. The smallest absolute Gasteiger partial charge is 0.223 e. The Kier molecular flexibility index (Phi) is 3.68. The zero-order valence-electron chi connectivity index (χ0n) is 11.3. The van der Waals surface area contributed by atoms with Crippen molar-refractivity contribution in [1.82, 2.24) is 15.5 Å². The van der Waals surface area contributed by atoms with E-state index in [2.05, 4.69) is 15.5 Å². The van der Waals surface area contributed by atoms with Gasteiger partial charge in [0.2, 0.25) is 11.8 Å². The molecule has 0 unspecified atom stereocenters. The van der Waals surface area contributed by atoms with E-state index in [4.69, 9.17) is 4.52 Å². The largest absolute Gasteiger partial charge is 0.343 e. The molecule has 1 aliphatic carbocycles. The Morgan fingerprint density at radius 3 is 2.50 bits per heavy atom. The van der Waals surface area contributed by atoms with Crippen molar-refractivity contribution < 1.29 is 9.32 Å². The topological polar surface area (TPSA) is 68.0 Å². The van der Waals surface area contributed by atoms with Crippen molar-refractivity contribution in [3.8, 4) is 0 Å². The van der Waals surface area contributed by atoms with Crippen molar-refractivity contribution >= 4 is 5.91 Å². The second-order valence-electron chi connectivity index (χ2n) is 5.42. The quantitative estimate of drug-likeness (QED) is 0.895. The van der Waals surface area contributed by atoms with Crippen LogP contribution in [0.15, 0.2) is 4.52 Å². The van der Waals surface area contributed by atoms with Crippen molar-refractivity contribution in [2.75, 3.05) is 0 Å². The van der Waals surface area contributed by atoms with Crippen molar-refractivity contribution in [1.29, 1.82) is 0 Å². The summed E-state index contributed by atoms with van der Waals surface area (Å²) in [6.07, 6.45) is 5.17. The van der Waals surface area contributed by atoms with E-state index in [-0.39, 0.29) is 11.8 Å². The summed E-state index contributed by atoms with van der Waals surface area (Å²) in [4.78, 5) is 16.3. The molecule has 1 aromatic heterocycles. The molecule has 5 heteroatoms. The van der Waals surface area contributed by atoms with Crippen molar-refractivity contribution in [3.05, 3.63) is 11.7 Å². The molecule has 100 valence electrons. The van der Waals surface area contributed by atoms with Crippen LogP contribution < -0.4 is 5.32 Å². The Morgan fingerprint density at radius 1 is 1.33 bits per heavy atom. The lowest BCUT2D eigenvalue weighted by Gasteiger charge is -2.35. The molecule has 0 aliphatic heterocycles. The van der Waals surface area contributed by atoms with Gasteiger partial charge in [-0.3, -0.25) is 4.79 Å². The van der Waals surface area contributed by atoms with Gasteiger partial charge in [0, 0.05) is 12.8 Å². The Balaban J connectivity index is 2.25. The van der Waals surface area contributed by atoms with Gasteiger partial charge in [0.05, 0.1) is 0 Å². The second-order valence-corrected chi connectivity index (χ2v) is 5.42. The maximum atomic E-state index is 12.0. The lowest BCUT2D eigenvalue weighted by Crippen LogP contribution is -2.49. The van der Waals surface area contributed by atoms with Crippen molar-refractivity contribution in [2.45, 2.75) is 58.4 Å². The van der Waals surface area contributed by atoms with Crippen LogP contribution in [0.25, 0.3) is 0 Å². The van der Waals surface area contributed by atoms with Crippen LogP contribution in [0.3, 0.4) is 0 Å². The van der Waals surface area contributed by atoms with Crippen LogP contribution in [0.2, 0.25) is 0 Å². The van der Waals surface area contributed by atoms with E-state index in [0.717, 1.165) is 25.7 Å². The standard InChI is InChI=1S/C13H21N3O2/c1-9(2)11(17)15-13(7-5-4-6-8-13)12-14-10(3)18-16-12/h9H,4-8H2,1-3H3,(H,15,17). The summed E-state index contributed by atoms with van der Waals surface area (Å²) in [6, 6.07) is 0. The van der Waals surface area contributed by atoms with Crippen LogP contribution in [-0.4, -0.2) is 16.0 Å². The molecule has 2 rings (SSSR count). The molecular weight excluding hydrogens is 230 g/mol. The minimum absolute atomic E-state index is 0.0307. The molecule has 18 heavy (non-hydrogen) atoms. The van der Waals surface area contributed by atoms with Crippen LogP contribution in [0.4, 0.5) is 0 Å². The molecule has 0 saturated heterocycles. The molecule has 1 aromatic rings. The molecule has 1 heterocycles. The van der Waals surface area contributed by atoms with Gasteiger partial charge in [-0.2, -0.15) is 4.98 Å². The zero-order chi connectivity index (χ0) is 13.2. The highest BCUT2D eigenvalue weighted by atomic mass is 16.5. The molecule has 0 aromatic carbocycles. The maximum absolute atomic E-state index is 12.0. The van der Waals surface area contributed by atoms with Crippen LogP contribution >= 0.6 is 0 Å². The zero-order valence-corrected chi connectivity index (χ0v) is 11.3. The fourth-order valence-corrected chi connectivity index (χ4v) is 2.43. The minimum atomic E-state index is -0.419. The van der Waals surface area contributed by atoms with Crippen LogP contribution in [0.1, 0.15) is 57.7 Å². The Hall–Kier alpha value is -1.39. The highest BCUT2D eigenvalue weighted by Crippen LogP contribution is 2.35. The lowest BCUT2D eigenvalue weighted by atomic mass is 9.80. The van der Waals surface area contributed by atoms with Gasteiger partial charge in [-0.25, -0.2) is 0 Å². The molecule has 1 amide bonds. The molecule has 0 spiro atoms. The maximum Gasteiger partial charge on any atom is 0.223 e. The number of aryl methyl sites for hydroxylation is 1. The summed E-state index contributed by atoms with van der Waals surface area (Å²) in [6.45, 7) is 5.57. The number of nitrogens with zero attached hydrogens (tertiary/aromatic N) is 2. The molecule has 1 aliphatic rings. The summed E-state index contributed by atoms with van der Waals surface area (Å²) in [5, 5.41) is 7.16. The van der Waals surface area contributed by atoms with E-state index in [1.165, 1.54) is 6.42 Å². The minimum Gasteiger partial charge on any atom is -0.343 e. The summed E-state index contributed by atoms with van der Waals surface area (Å²) < 4.78 is 5.07. The number of rotatable bonds is 3. The normalized spacial score (nSPS) is 18.9. The molecule has 0 radical (unpaired) electrons. The first-order chi connectivity index (χ1) is 8.53. The first-order valence-electron chi connectivity index (χ1n) is 6.66. The third-order valence-electron chi connectivity index (χ3n) is 3.55. The molecule has 1 saturated carbocycles. The van der Waals surface area contributed by atoms with Gasteiger partial charge in [-0.05, 0) is 12.8 Å². The molecule has 0 atom stereocenters. The van der Waals surface area contributed by atoms with Gasteiger partial charge in [-0.1, -0.05) is 38.3 Å². The van der Waals surface area contributed by atoms with Crippen molar-refractivity contribution in [3.63, 3.8) is 0 Å². The van der Waals surface area contributed by atoms with E-state index in [1.807, 2.05) is 13.8 Å². The van der Waals surface area contributed by atoms with Gasteiger partial charge in [0.1, 0.15) is 5.54 Å². The fourth-order valence-electron chi connectivity index (χ4n) is 2.43. The van der Waals surface area contributed by atoms with E-state index in [1.54, 1.807) is 6.92 Å². The first kappa shape index (κ1) is 13.1. The van der Waals surface area contributed by atoms with Crippen molar-refractivity contribution in [2.24, 2.45) is 5.92 Å². The van der Waals surface area contributed by atoms with Crippen LogP contribution in [0, 0.1) is 12.8 Å². The Labute approximate surface area is 107 Å². The number of carbonyl (C=O) groups excluding carboxylic acids is 1. The van der Waals surface area contributed by atoms with E-state index in [9.17, 15) is 4.79 Å². The summed E-state index contributed by atoms with van der Waals surface area (Å²) in [7, 11) is 0. The molecule has 0 bridgehead atoms. The number of nitrogens with one attached hydrogen (secondary N) is 1. The highest BCUT2D eigenvalue weighted by Gasteiger charge is 2.39. The summed E-state index contributed by atoms with van der Waals surface area (Å²) in [5.41, 5.74) is -0.419. The summed E-state index contributed by atoms with van der Waals surface area (Å²) in [5.74, 6) is 1.21. The third kappa shape index (κ3) is 2.54. The van der Waals surface area contributed by atoms with Gasteiger partial charge < -0.3 is 9.84 Å². The van der Waals surface area contributed by atoms with E-state index < -0.39 is 5.54 Å². The monoisotopic (exact) mass is 251 g/mol. The number of aromatic nitrogens is 2. The van der Waals surface area contributed by atoms with Gasteiger partial charge in [-0.15, -0.1) is 0 Å². The number of carbonyl (C=O) groups is 1. The number of amides is 1. The average molecular weight is 251 g/mol. The first-order valence-corrected chi connectivity index (χ1v) is 6.66. The van der Waals surface area contributed by atoms with Gasteiger partial charge in [0.25, 0.3) is 0 Å². The third-order valence-corrected chi connectivity index (χ3v) is 3.55.